The minimum atomic E-state index is -0.0738. The van der Waals surface area contributed by atoms with Crippen molar-refractivity contribution in [1.29, 1.82) is 0 Å². The molecular weight excluding hydrogens is 260 g/mol. The Hall–Kier alpha value is -0.530. The summed E-state index contributed by atoms with van der Waals surface area (Å²) in [6, 6.07) is 0. The molecule has 0 saturated heterocycles. The molecule has 1 fully saturated rings. The van der Waals surface area contributed by atoms with Gasteiger partial charge < -0.3 is 4.74 Å². The fraction of sp³-hybridized carbons (Fsp3) is 0.947. The number of hydrogen-bond donors (Lipinski definition) is 0. The van der Waals surface area contributed by atoms with Gasteiger partial charge in [0.25, 0.3) is 0 Å². The lowest BCUT2D eigenvalue weighted by molar-refractivity contribution is -0.140. The first-order valence-electron chi connectivity index (χ1n) is 9.79. The minimum absolute atomic E-state index is 0.0738. The topological polar surface area (TPSA) is 26.3 Å². The Kier molecular flexibility index (Phi) is 10.5. The van der Waals surface area contributed by atoms with Crippen LogP contribution in [-0.2, 0) is 9.53 Å². The van der Waals surface area contributed by atoms with E-state index in [0.717, 1.165) is 31.6 Å². The van der Waals surface area contributed by atoms with E-state index in [2.05, 4.69) is 4.74 Å². The predicted octanol–water partition coefficient (Wildman–Crippen LogP) is 6.03. The number of esters is 1. The Morgan fingerprint density at radius 3 is 2.29 bits per heavy atom. The molecule has 2 nitrogen and oxygen atoms in total. The molecule has 1 aliphatic carbocycles. The second-order valence-electron chi connectivity index (χ2n) is 6.61. The standard InChI is InChI=1S/C19H36O2/c1-21-19(20)17-13-7-5-3-2-4-6-10-14-18-15-11-8-9-12-16-18/h18H,2-17H2,1H3/i8D. The smallest absolute Gasteiger partial charge is 0.305 e. The highest BCUT2D eigenvalue weighted by Gasteiger charge is 2.11. The van der Waals surface area contributed by atoms with Gasteiger partial charge in [-0.3, -0.25) is 4.79 Å². The molecule has 1 saturated carbocycles. The average Bonchev–Trinajstić information content (AvgIpc) is 2.73. The van der Waals surface area contributed by atoms with Crippen LogP contribution in [-0.4, -0.2) is 13.1 Å². The summed E-state index contributed by atoms with van der Waals surface area (Å²) in [5, 5.41) is 0. The van der Waals surface area contributed by atoms with E-state index in [9.17, 15) is 4.79 Å². The Balaban J connectivity index is 1.82. The van der Waals surface area contributed by atoms with Gasteiger partial charge in [0.15, 0.2) is 0 Å². The van der Waals surface area contributed by atoms with E-state index in [4.69, 9.17) is 1.37 Å². The molecule has 2 heteroatoms. The number of methoxy groups -OCH3 is 1. The lowest BCUT2D eigenvalue weighted by atomic mass is 9.93. The molecule has 0 aromatic carbocycles. The molecule has 0 aliphatic heterocycles. The van der Waals surface area contributed by atoms with E-state index in [0.29, 0.717) is 6.42 Å². The van der Waals surface area contributed by atoms with Gasteiger partial charge in [0, 0.05) is 7.79 Å². The molecule has 0 aromatic heterocycles. The highest BCUT2D eigenvalue weighted by atomic mass is 16.5. The number of carbonyl (C=O) groups excluding carboxylic acids is 1. The van der Waals surface area contributed by atoms with E-state index in [-0.39, 0.29) is 12.4 Å². The van der Waals surface area contributed by atoms with Crippen LogP contribution in [0.25, 0.3) is 0 Å². The number of carbonyl (C=O) groups is 1. The second-order valence-corrected chi connectivity index (χ2v) is 6.61. The molecule has 0 amide bonds. The Morgan fingerprint density at radius 2 is 1.57 bits per heavy atom. The first-order chi connectivity index (χ1) is 10.7. The van der Waals surface area contributed by atoms with Gasteiger partial charge in [-0.2, -0.15) is 0 Å². The van der Waals surface area contributed by atoms with Crippen molar-refractivity contribution in [3.63, 3.8) is 0 Å². The molecular formula is C19H36O2. The summed E-state index contributed by atoms with van der Waals surface area (Å²) >= 11 is 0. The van der Waals surface area contributed by atoms with E-state index in [1.807, 2.05) is 0 Å². The monoisotopic (exact) mass is 297 g/mol. The largest absolute Gasteiger partial charge is 0.469 e. The van der Waals surface area contributed by atoms with E-state index in [1.54, 1.807) is 0 Å². The van der Waals surface area contributed by atoms with Crippen molar-refractivity contribution in [1.82, 2.24) is 0 Å². The molecule has 0 aromatic rings. The van der Waals surface area contributed by atoms with Gasteiger partial charge in [0.05, 0.1) is 7.11 Å². The average molecular weight is 298 g/mol. The minimum Gasteiger partial charge on any atom is -0.469 e. The second kappa shape index (κ2) is 13.2. The van der Waals surface area contributed by atoms with Gasteiger partial charge in [-0.15, -0.1) is 0 Å². The third kappa shape index (κ3) is 10.8. The maximum Gasteiger partial charge on any atom is 0.305 e. The van der Waals surface area contributed by atoms with E-state index in [1.165, 1.54) is 71.3 Å². The molecule has 2 unspecified atom stereocenters. The van der Waals surface area contributed by atoms with Crippen LogP contribution in [0.4, 0.5) is 0 Å². The molecule has 0 heterocycles. The number of ether oxygens (including phenoxy) is 1. The molecule has 0 radical (unpaired) electrons. The van der Waals surface area contributed by atoms with Gasteiger partial charge in [0.1, 0.15) is 0 Å². The Morgan fingerprint density at radius 1 is 0.952 bits per heavy atom. The van der Waals surface area contributed by atoms with Crippen LogP contribution < -0.4 is 0 Å². The molecule has 2 atom stereocenters. The van der Waals surface area contributed by atoms with Gasteiger partial charge >= 0.3 is 5.97 Å². The summed E-state index contributed by atoms with van der Waals surface area (Å²) < 4.78 is 12.5. The zero-order chi connectivity index (χ0) is 16.0. The summed E-state index contributed by atoms with van der Waals surface area (Å²) in [5.41, 5.74) is 0. The zero-order valence-corrected chi connectivity index (χ0v) is 14.1. The van der Waals surface area contributed by atoms with Crippen LogP contribution in [0.2, 0.25) is 0 Å². The summed E-state index contributed by atoms with van der Waals surface area (Å²) in [5.74, 6) is 0.837. The Labute approximate surface area is 133 Å². The van der Waals surface area contributed by atoms with Crippen LogP contribution >= 0.6 is 0 Å². The lowest BCUT2D eigenvalue weighted by Crippen LogP contribution is -1.99. The normalized spacial score (nSPS) is 23.4. The van der Waals surface area contributed by atoms with Gasteiger partial charge in [-0.25, -0.2) is 0 Å². The maximum atomic E-state index is 11.0. The van der Waals surface area contributed by atoms with Crippen LogP contribution in [0.3, 0.4) is 0 Å². The molecule has 1 rings (SSSR count). The third-order valence-corrected chi connectivity index (χ3v) is 4.77. The van der Waals surface area contributed by atoms with Gasteiger partial charge in [0.2, 0.25) is 0 Å². The van der Waals surface area contributed by atoms with Crippen LogP contribution in [0, 0.1) is 5.92 Å². The highest BCUT2D eigenvalue weighted by molar-refractivity contribution is 5.68. The van der Waals surface area contributed by atoms with Crippen molar-refractivity contribution < 1.29 is 10.9 Å². The fourth-order valence-corrected chi connectivity index (χ4v) is 3.35. The maximum absolute atomic E-state index is 11.0. The van der Waals surface area contributed by atoms with Crippen molar-refractivity contribution in [3.05, 3.63) is 0 Å². The third-order valence-electron chi connectivity index (χ3n) is 4.77. The number of hydrogen-bond acceptors (Lipinski definition) is 2. The molecule has 0 bridgehead atoms. The lowest BCUT2D eigenvalue weighted by Gasteiger charge is -2.13. The van der Waals surface area contributed by atoms with E-state index >= 15 is 0 Å². The van der Waals surface area contributed by atoms with Crippen molar-refractivity contribution in [2.24, 2.45) is 5.92 Å². The Bertz CT molecular complexity index is 281. The van der Waals surface area contributed by atoms with Crippen LogP contribution in [0.15, 0.2) is 0 Å². The fourth-order valence-electron chi connectivity index (χ4n) is 3.35. The molecule has 0 N–H and O–H groups in total. The van der Waals surface area contributed by atoms with Crippen molar-refractivity contribution in [2.75, 3.05) is 7.11 Å². The first kappa shape index (κ1) is 16.8. The molecule has 1 aliphatic rings. The predicted molar refractivity (Wildman–Crippen MR) is 89.4 cm³/mol. The summed E-state index contributed by atoms with van der Waals surface area (Å²) in [7, 11) is 1.46. The SMILES string of the molecule is [2H]C1CCCC(CCCCCCCCCCC(=O)OC)CC1. The van der Waals surface area contributed by atoms with Crippen molar-refractivity contribution in [2.45, 2.75) is 103 Å². The quantitative estimate of drug-likeness (QED) is 0.264. The van der Waals surface area contributed by atoms with Crippen LogP contribution in [0.1, 0.15) is 104 Å². The molecule has 21 heavy (non-hydrogen) atoms. The zero-order valence-electron chi connectivity index (χ0n) is 15.1. The summed E-state index contributed by atoms with van der Waals surface area (Å²) in [6.07, 6.45) is 18.6. The van der Waals surface area contributed by atoms with Gasteiger partial charge in [-0.1, -0.05) is 89.9 Å². The first-order valence-corrected chi connectivity index (χ1v) is 9.21. The van der Waals surface area contributed by atoms with Crippen molar-refractivity contribution >= 4 is 5.97 Å². The summed E-state index contributed by atoms with van der Waals surface area (Å²) in [6.45, 7) is 0. The number of rotatable bonds is 11. The molecule has 0 spiro atoms. The van der Waals surface area contributed by atoms with Gasteiger partial charge in [-0.05, 0) is 12.3 Å². The van der Waals surface area contributed by atoms with E-state index < -0.39 is 0 Å². The number of unbranched alkanes of at least 4 members (excludes halogenated alkanes) is 7. The summed E-state index contributed by atoms with van der Waals surface area (Å²) in [4.78, 5) is 11.0. The highest BCUT2D eigenvalue weighted by Crippen LogP contribution is 2.27. The van der Waals surface area contributed by atoms with Crippen LogP contribution in [0.5, 0.6) is 0 Å². The van der Waals surface area contributed by atoms with Crippen molar-refractivity contribution in [3.8, 4) is 0 Å². The molecule has 124 valence electrons.